The van der Waals surface area contributed by atoms with Gasteiger partial charge >= 0.3 is 6.18 Å². The lowest BCUT2D eigenvalue weighted by Crippen LogP contribution is -3.12. The lowest BCUT2D eigenvalue weighted by Gasteiger charge is -2.24. The standard InChI is InChI=1S/C21H17BrF3NO5/c22-14-3-1-2-4-16(14)30-19-17(28)12-5-6-15(27)13(11-26-7-9-29-10-8-26)18(12)31-20(19)21(23,24)25/h1-6,27H,7-11H2/p+1. The van der Waals surface area contributed by atoms with Gasteiger partial charge in [0.05, 0.1) is 28.6 Å². The van der Waals surface area contributed by atoms with Crippen molar-refractivity contribution in [2.75, 3.05) is 26.3 Å². The number of alkyl halides is 3. The molecule has 1 saturated heterocycles. The second-order valence-electron chi connectivity index (χ2n) is 7.10. The molecule has 2 N–H and O–H groups in total. The maximum absolute atomic E-state index is 13.8. The van der Waals surface area contributed by atoms with Gasteiger partial charge in [0.2, 0.25) is 11.2 Å². The summed E-state index contributed by atoms with van der Waals surface area (Å²) in [7, 11) is 0. The maximum atomic E-state index is 13.8. The SMILES string of the molecule is O=c1c(Oc2ccccc2Br)c(C(F)(F)F)oc2c(C[NH+]3CCOCC3)c(O)ccc12. The molecule has 1 aliphatic rings. The first-order valence-electron chi connectivity index (χ1n) is 9.48. The molecule has 0 unspecified atom stereocenters. The summed E-state index contributed by atoms with van der Waals surface area (Å²) in [6.07, 6.45) is -4.99. The van der Waals surface area contributed by atoms with E-state index in [1.807, 2.05) is 0 Å². The molecule has 0 amide bonds. The Morgan fingerprint density at radius 2 is 1.84 bits per heavy atom. The molecular weight excluding hydrogens is 483 g/mol. The fourth-order valence-electron chi connectivity index (χ4n) is 3.46. The van der Waals surface area contributed by atoms with Gasteiger partial charge in [-0.25, -0.2) is 0 Å². The highest BCUT2D eigenvalue weighted by molar-refractivity contribution is 9.10. The highest BCUT2D eigenvalue weighted by Gasteiger charge is 2.41. The monoisotopic (exact) mass is 500 g/mol. The van der Waals surface area contributed by atoms with E-state index < -0.39 is 23.1 Å². The number of phenolic OH excluding ortho intramolecular Hbond substituents is 1. The number of aromatic hydroxyl groups is 1. The summed E-state index contributed by atoms with van der Waals surface area (Å²) in [5.74, 6) is -2.70. The average Bonchev–Trinajstić information content (AvgIpc) is 2.73. The number of morpholine rings is 1. The molecule has 3 aromatic rings. The van der Waals surface area contributed by atoms with Crippen molar-refractivity contribution in [2.24, 2.45) is 0 Å². The molecule has 1 fully saturated rings. The molecule has 10 heteroatoms. The Morgan fingerprint density at radius 1 is 1.13 bits per heavy atom. The number of nitrogens with one attached hydrogen (secondary N) is 1. The van der Waals surface area contributed by atoms with Gasteiger partial charge in [-0.1, -0.05) is 12.1 Å². The van der Waals surface area contributed by atoms with Gasteiger partial charge in [0.25, 0.3) is 5.76 Å². The normalized spacial score (nSPS) is 15.4. The molecule has 2 aromatic carbocycles. The lowest BCUT2D eigenvalue weighted by atomic mass is 10.1. The Labute approximate surface area is 182 Å². The largest absolute Gasteiger partial charge is 0.507 e. The van der Waals surface area contributed by atoms with Gasteiger partial charge < -0.3 is 23.9 Å². The predicted molar refractivity (Wildman–Crippen MR) is 109 cm³/mol. The second kappa shape index (κ2) is 8.52. The average molecular weight is 501 g/mol. The van der Waals surface area contributed by atoms with Gasteiger partial charge in [-0.15, -0.1) is 0 Å². The number of quaternary nitrogens is 1. The Hall–Kier alpha value is -2.56. The van der Waals surface area contributed by atoms with Crippen molar-refractivity contribution in [1.82, 2.24) is 0 Å². The molecule has 0 aliphatic carbocycles. The fourth-order valence-corrected chi connectivity index (χ4v) is 3.83. The van der Waals surface area contributed by atoms with Crippen LogP contribution in [0, 0.1) is 0 Å². The third kappa shape index (κ3) is 4.41. The number of hydrogen-bond donors (Lipinski definition) is 2. The number of fused-ring (bicyclic) bond motifs is 1. The second-order valence-corrected chi connectivity index (χ2v) is 7.95. The summed E-state index contributed by atoms with van der Waals surface area (Å²) < 4.78 is 57.8. The van der Waals surface area contributed by atoms with Crippen LogP contribution in [0.15, 0.2) is 50.1 Å². The predicted octanol–water partition coefficient (Wildman–Crippen LogP) is 3.49. The molecule has 2 heterocycles. The van der Waals surface area contributed by atoms with E-state index in [1.54, 1.807) is 18.2 Å². The first-order chi connectivity index (χ1) is 14.8. The topological polar surface area (TPSA) is 73.3 Å². The van der Waals surface area contributed by atoms with Gasteiger partial charge in [0.15, 0.2) is 5.58 Å². The highest BCUT2D eigenvalue weighted by atomic mass is 79.9. The smallest absolute Gasteiger partial charge is 0.453 e. The third-order valence-corrected chi connectivity index (χ3v) is 5.68. The zero-order valence-corrected chi connectivity index (χ0v) is 17.7. The van der Waals surface area contributed by atoms with E-state index in [9.17, 15) is 23.1 Å². The van der Waals surface area contributed by atoms with E-state index in [1.165, 1.54) is 18.2 Å². The van der Waals surface area contributed by atoms with Crippen LogP contribution in [0.3, 0.4) is 0 Å². The summed E-state index contributed by atoms with van der Waals surface area (Å²) in [4.78, 5) is 14.1. The van der Waals surface area contributed by atoms with Gasteiger partial charge in [0.1, 0.15) is 31.1 Å². The zero-order valence-electron chi connectivity index (χ0n) is 16.1. The maximum Gasteiger partial charge on any atom is 0.453 e. The van der Waals surface area contributed by atoms with Crippen LogP contribution in [-0.4, -0.2) is 31.4 Å². The molecule has 1 aliphatic heterocycles. The van der Waals surface area contributed by atoms with Crippen molar-refractivity contribution in [3.8, 4) is 17.2 Å². The molecule has 31 heavy (non-hydrogen) atoms. The minimum atomic E-state index is -4.99. The number of para-hydroxylation sites is 1. The van der Waals surface area contributed by atoms with Crippen LogP contribution in [0.1, 0.15) is 11.3 Å². The van der Waals surface area contributed by atoms with E-state index in [2.05, 4.69) is 15.9 Å². The number of benzene rings is 2. The van der Waals surface area contributed by atoms with E-state index in [4.69, 9.17) is 13.9 Å². The Balaban J connectivity index is 1.89. The molecule has 1 aromatic heterocycles. The molecule has 4 rings (SSSR count). The first-order valence-corrected chi connectivity index (χ1v) is 10.3. The van der Waals surface area contributed by atoms with Gasteiger partial charge in [-0.3, -0.25) is 4.79 Å². The molecular formula is C21H18BrF3NO5+. The number of hydrogen-bond acceptors (Lipinski definition) is 5. The number of ether oxygens (including phenoxy) is 2. The molecule has 6 nitrogen and oxygen atoms in total. The summed E-state index contributed by atoms with van der Waals surface area (Å²) in [5.41, 5.74) is -1.12. The number of rotatable bonds is 4. The van der Waals surface area contributed by atoms with E-state index in [-0.39, 0.29) is 34.6 Å². The third-order valence-electron chi connectivity index (χ3n) is 5.03. The van der Waals surface area contributed by atoms with Crippen LogP contribution in [0.5, 0.6) is 17.2 Å². The molecule has 0 bridgehead atoms. The Kier molecular flexibility index (Phi) is 5.96. The quantitative estimate of drug-likeness (QED) is 0.573. The van der Waals surface area contributed by atoms with Crippen LogP contribution in [0.4, 0.5) is 13.2 Å². The molecule has 0 radical (unpaired) electrons. The van der Waals surface area contributed by atoms with E-state index in [0.29, 0.717) is 30.8 Å². The number of halogens is 4. The van der Waals surface area contributed by atoms with Gasteiger partial charge in [-0.2, -0.15) is 13.2 Å². The van der Waals surface area contributed by atoms with Crippen molar-refractivity contribution >= 4 is 26.9 Å². The fraction of sp³-hybridized carbons (Fsp3) is 0.286. The summed E-state index contributed by atoms with van der Waals surface area (Å²) in [5, 5.41) is 10.2. The lowest BCUT2D eigenvalue weighted by molar-refractivity contribution is -0.921. The van der Waals surface area contributed by atoms with Crippen LogP contribution in [-0.2, 0) is 17.5 Å². The summed E-state index contributed by atoms with van der Waals surface area (Å²) >= 11 is 3.19. The van der Waals surface area contributed by atoms with Crippen molar-refractivity contribution in [3.05, 3.63) is 62.4 Å². The highest BCUT2D eigenvalue weighted by Crippen LogP contribution is 2.40. The van der Waals surface area contributed by atoms with Crippen LogP contribution in [0.25, 0.3) is 11.0 Å². The summed E-state index contributed by atoms with van der Waals surface area (Å²) in [6.45, 7) is 2.44. The van der Waals surface area contributed by atoms with Crippen LogP contribution in [0.2, 0.25) is 0 Å². The Bertz CT molecular complexity index is 1170. The van der Waals surface area contributed by atoms with E-state index in [0.717, 1.165) is 4.90 Å². The Morgan fingerprint density at radius 3 is 2.52 bits per heavy atom. The zero-order chi connectivity index (χ0) is 22.2. The van der Waals surface area contributed by atoms with Gasteiger partial charge in [-0.05, 0) is 40.2 Å². The van der Waals surface area contributed by atoms with Crippen molar-refractivity contribution < 1.29 is 37.1 Å². The molecule has 164 valence electrons. The minimum Gasteiger partial charge on any atom is -0.507 e. The van der Waals surface area contributed by atoms with Crippen molar-refractivity contribution in [3.63, 3.8) is 0 Å². The van der Waals surface area contributed by atoms with Crippen molar-refractivity contribution in [1.29, 1.82) is 0 Å². The minimum absolute atomic E-state index is 0.0383. The molecule has 0 saturated carbocycles. The van der Waals surface area contributed by atoms with Crippen LogP contribution < -0.4 is 15.1 Å². The molecule has 0 atom stereocenters. The first kappa shape index (κ1) is 21.7. The molecule has 0 spiro atoms. The van der Waals surface area contributed by atoms with Gasteiger partial charge in [0, 0.05) is 0 Å². The van der Waals surface area contributed by atoms with Crippen molar-refractivity contribution in [2.45, 2.75) is 12.7 Å². The number of phenols is 1. The van der Waals surface area contributed by atoms with E-state index >= 15 is 0 Å². The van der Waals surface area contributed by atoms with Crippen LogP contribution >= 0.6 is 15.9 Å². The summed E-state index contributed by atoms with van der Waals surface area (Å²) in [6, 6.07) is 8.75.